The molecule has 0 fully saturated rings. The summed E-state index contributed by atoms with van der Waals surface area (Å²) in [4.78, 5) is 22.3. The molecule has 1 aromatic carbocycles. The molecule has 1 heterocycles. The van der Waals surface area contributed by atoms with Gasteiger partial charge in [0.25, 0.3) is 5.69 Å². The summed E-state index contributed by atoms with van der Waals surface area (Å²) >= 11 is 0. The topological polar surface area (TPSA) is 107 Å². The number of aryl methyl sites for hydroxylation is 1. The molecule has 0 aliphatic rings. The van der Waals surface area contributed by atoms with Crippen LogP contribution in [0.15, 0.2) is 41.0 Å². The Hall–Kier alpha value is -2.87. The third-order valence-corrected chi connectivity index (χ3v) is 3.19. The number of carbonyl (C=O) groups excluding carboxylic acids is 1. The van der Waals surface area contributed by atoms with Crippen molar-refractivity contribution in [3.05, 3.63) is 58.0 Å². The van der Waals surface area contributed by atoms with Gasteiger partial charge in [-0.1, -0.05) is 0 Å². The van der Waals surface area contributed by atoms with Crippen molar-refractivity contribution < 1.29 is 18.9 Å². The molecule has 122 valence electrons. The molecular weight excluding hydrogens is 302 g/mol. The molecule has 0 spiro atoms. The average molecular weight is 319 g/mol. The van der Waals surface area contributed by atoms with Gasteiger partial charge in [0.05, 0.1) is 17.8 Å². The van der Waals surface area contributed by atoms with Crippen LogP contribution in [-0.4, -0.2) is 24.7 Å². The highest BCUT2D eigenvalue weighted by Crippen LogP contribution is 2.21. The Labute approximate surface area is 132 Å². The Balaban J connectivity index is 2.05. The Morgan fingerprint density at radius 2 is 2.22 bits per heavy atom. The largest absolute Gasteiger partial charge is 0.467 e. The molecule has 1 aromatic heterocycles. The first-order valence-electron chi connectivity index (χ1n) is 6.86. The van der Waals surface area contributed by atoms with Crippen molar-refractivity contribution in [2.45, 2.75) is 13.0 Å². The van der Waals surface area contributed by atoms with E-state index in [0.717, 1.165) is 0 Å². The molecule has 0 unspecified atom stereocenters. The van der Waals surface area contributed by atoms with Crippen LogP contribution in [0.1, 0.15) is 17.4 Å². The van der Waals surface area contributed by atoms with Crippen LogP contribution in [0.25, 0.3) is 0 Å². The predicted molar refractivity (Wildman–Crippen MR) is 83.3 cm³/mol. The van der Waals surface area contributed by atoms with E-state index in [2.05, 4.69) is 10.6 Å². The summed E-state index contributed by atoms with van der Waals surface area (Å²) in [5.74, 6) is 0.572. The fraction of sp³-hybridized carbons (Fsp3) is 0.267. The Kier molecular flexibility index (Phi) is 5.32. The number of carbonyl (C=O) groups is 1. The monoisotopic (exact) mass is 319 g/mol. The molecule has 0 saturated heterocycles. The number of anilines is 1. The van der Waals surface area contributed by atoms with E-state index in [1.165, 1.54) is 31.6 Å². The highest BCUT2D eigenvalue weighted by atomic mass is 16.6. The van der Waals surface area contributed by atoms with E-state index in [9.17, 15) is 14.9 Å². The molecule has 0 aliphatic heterocycles. The lowest BCUT2D eigenvalue weighted by Crippen LogP contribution is -2.34. The van der Waals surface area contributed by atoms with Gasteiger partial charge in [0.2, 0.25) is 0 Å². The van der Waals surface area contributed by atoms with Crippen LogP contribution >= 0.6 is 0 Å². The molecule has 0 aliphatic carbocycles. The van der Waals surface area contributed by atoms with E-state index >= 15 is 0 Å². The average Bonchev–Trinajstić information content (AvgIpc) is 3.03. The van der Waals surface area contributed by atoms with Crippen molar-refractivity contribution in [1.82, 2.24) is 5.32 Å². The van der Waals surface area contributed by atoms with E-state index in [0.29, 0.717) is 17.0 Å². The maximum atomic E-state index is 12.1. The molecule has 0 bridgehead atoms. The maximum absolute atomic E-state index is 12.1. The summed E-state index contributed by atoms with van der Waals surface area (Å²) in [5, 5.41) is 16.1. The number of nitrogens with one attached hydrogen (secondary N) is 2. The van der Waals surface area contributed by atoms with Gasteiger partial charge in [-0.2, -0.15) is 0 Å². The third-order valence-electron chi connectivity index (χ3n) is 3.19. The molecule has 0 radical (unpaired) electrons. The zero-order valence-corrected chi connectivity index (χ0v) is 12.7. The number of urea groups is 1. The van der Waals surface area contributed by atoms with Gasteiger partial charge in [-0.25, -0.2) is 4.79 Å². The molecule has 2 aromatic rings. The summed E-state index contributed by atoms with van der Waals surface area (Å²) in [6.45, 7) is 1.93. The number of nitro groups is 1. The van der Waals surface area contributed by atoms with Gasteiger partial charge in [-0.3, -0.25) is 10.1 Å². The molecule has 2 amide bonds. The summed E-state index contributed by atoms with van der Waals surface area (Å²) in [7, 11) is 1.52. The van der Waals surface area contributed by atoms with Gasteiger partial charge < -0.3 is 19.8 Å². The smallest absolute Gasteiger partial charge is 0.319 e. The van der Waals surface area contributed by atoms with Crippen molar-refractivity contribution >= 4 is 17.4 Å². The van der Waals surface area contributed by atoms with Crippen LogP contribution in [0.2, 0.25) is 0 Å². The number of ether oxygens (including phenoxy) is 1. The third kappa shape index (κ3) is 4.30. The molecule has 8 heteroatoms. The van der Waals surface area contributed by atoms with Crippen molar-refractivity contribution in [2.75, 3.05) is 19.0 Å². The summed E-state index contributed by atoms with van der Waals surface area (Å²) in [6.07, 6.45) is 1.51. The van der Waals surface area contributed by atoms with Crippen LogP contribution in [0.3, 0.4) is 0 Å². The standard InChI is InChI=1S/C15H17N3O5/c1-10-8-11(18(20)21)5-6-12(10)16-15(19)17-13(9-22-2)14-4-3-7-23-14/h3-8,13H,9H2,1-2H3,(H2,16,17,19)/t13-/m0/s1. The predicted octanol–water partition coefficient (Wildman–Crippen LogP) is 3.01. The van der Waals surface area contributed by atoms with E-state index in [1.54, 1.807) is 19.1 Å². The number of benzene rings is 1. The quantitative estimate of drug-likeness (QED) is 0.628. The number of methoxy groups -OCH3 is 1. The van der Waals surface area contributed by atoms with E-state index < -0.39 is 17.0 Å². The fourth-order valence-corrected chi connectivity index (χ4v) is 2.07. The fourth-order valence-electron chi connectivity index (χ4n) is 2.07. The minimum absolute atomic E-state index is 0.0266. The Morgan fingerprint density at radius 1 is 1.43 bits per heavy atom. The van der Waals surface area contributed by atoms with Gasteiger partial charge >= 0.3 is 6.03 Å². The molecule has 23 heavy (non-hydrogen) atoms. The number of rotatable bonds is 6. The van der Waals surface area contributed by atoms with Gasteiger partial charge in [-0.15, -0.1) is 0 Å². The van der Waals surface area contributed by atoms with Crippen LogP contribution < -0.4 is 10.6 Å². The van der Waals surface area contributed by atoms with Crippen LogP contribution in [0.5, 0.6) is 0 Å². The Bertz CT molecular complexity index is 684. The number of furan rings is 1. The molecule has 8 nitrogen and oxygen atoms in total. The van der Waals surface area contributed by atoms with Crippen molar-refractivity contribution in [3.8, 4) is 0 Å². The molecular formula is C15H17N3O5. The molecule has 2 rings (SSSR count). The van der Waals surface area contributed by atoms with Crippen LogP contribution in [0, 0.1) is 17.0 Å². The zero-order chi connectivity index (χ0) is 16.8. The van der Waals surface area contributed by atoms with E-state index in [1.807, 2.05) is 0 Å². The second kappa shape index (κ2) is 7.41. The number of nitro benzene ring substituents is 1. The second-order valence-electron chi connectivity index (χ2n) is 4.88. The lowest BCUT2D eigenvalue weighted by atomic mass is 10.2. The van der Waals surface area contributed by atoms with E-state index in [4.69, 9.17) is 9.15 Å². The van der Waals surface area contributed by atoms with Crippen molar-refractivity contribution in [3.63, 3.8) is 0 Å². The van der Waals surface area contributed by atoms with Crippen LogP contribution in [0.4, 0.5) is 16.2 Å². The van der Waals surface area contributed by atoms with Gasteiger partial charge in [0.15, 0.2) is 0 Å². The first-order valence-corrected chi connectivity index (χ1v) is 6.86. The molecule has 0 saturated carbocycles. The summed E-state index contributed by atoms with van der Waals surface area (Å²) < 4.78 is 10.3. The molecule has 1 atom stereocenters. The van der Waals surface area contributed by atoms with Gasteiger partial charge in [0.1, 0.15) is 11.8 Å². The zero-order valence-electron chi connectivity index (χ0n) is 12.7. The highest BCUT2D eigenvalue weighted by molar-refractivity contribution is 5.90. The van der Waals surface area contributed by atoms with Gasteiger partial charge in [0, 0.05) is 24.9 Å². The normalized spacial score (nSPS) is 11.7. The summed E-state index contributed by atoms with van der Waals surface area (Å²) in [5.41, 5.74) is 1.06. The first-order chi connectivity index (χ1) is 11.0. The Morgan fingerprint density at radius 3 is 2.78 bits per heavy atom. The molecule has 2 N–H and O–H groups in total. The number of non-ortho nitro benzene ring substituents is 1. The van der Waals surface area contributed by atoms with Crippen LogP contribution in [-0.2, 0) is 4.74 Å². The van der Waals surface area contributed by atoms with E-state index in [-0.39, 0.29) is 12.3 Å². The second-order valence-corrected chi connectivity index (χ2v) is 4.88. The van der Waals surface area contributed by atoms with Crippen molar-refractivity contribution in [1.29, 1.82) is 0 Å². The lowest BCUT2D eigenvalue weighted by Gasteiger charge is -2.17. The maximum Gasteiger partial charge on any atom is 0.319 e. The SMILES string of the molecule is COC[C@H](NC(=O)Nc1ccc([N+](=O)[O-])cc1C)c1ccco1. The summed E-state index contributed by atoms with van der Waals surface area (Å²) in [6, 6.07) is 6.79. The number of hydrogen-bond donors (Lipinski definition) is 2. The van der Waals surface area contributed by atoms with Crippen molar-refractivity contribution in [2.24, 2.45) is 0 Å². The minimum Gasteiger partial charge on any atom is -0.467 e. The number of nitrogens with zero attached hydrogens (tertiary/aromatic N) is 1. The highest BCUT2D eigenvalue weighted by Gasteiger charge is 2.18. The number of amides is 2. The minimum atomic E-state index is -0.484. The number of hydrogen-bond acceptors (Lipinski definition) is 5. The lowest BCUT2D eigenvalue weighted by molar-refractivity contribution is -0.384. The van der Waals surface area contributed by atoms with Gasteiger partial charge in [-0.05, 0) is 30.7 Å². The first kappa shape index (κ1) is 16.5.